The van der Waals surface area contributed by atoms with E-state index in [4.69, 9.17) is 32.3 Å². The predicted octanol–water partition coefficient (Wildman–Crippen LogP) is 4.72. The van der Waals surface area contributed by atoms with Gasteiger partial charge in [-0.3, -0.25) is 14.1 Å². The third-order valence-electron chi connectivity index (χ3n) is 9.24. The molecule has 6 N–H and O–H groups in total. The number of aromatic hydroxyl groups is 1. The normalized spacial score (nSPS) is 20.9. The van der Waals surface area contributed by atoms with Crippen LogP contribution in [0.4, 0.5) is 0 Å². The first-order valence-electron chi connectivity index (χ1n) is 17.6. The van der Waals surface area contributed by atoms with Crippen LogP contribution in [-0.2, 0) is 40.7 Å². The van der Waals surface area contributed by atoms with E-state index in [-0.39, 0.29) is 45.6 Å². The van der Waals surface area contributed by atoms with Gasteiger partial charge in [-0.05, 0) is 89.1 Å². The van der Waals surface area contributed by atoms with Crippen molar-refractivity contribution in [3.05, 3.63) is 70.6 Å². The minimum atomic E-state index is -5.13. The number of amidine groups is 1. The number of hydrogen-bond acceptors (Lipinski definition) is 13. The van der Waals surface area contributed by atoms with Gasteiger partial charge in [0, 0.05) is 30.1 Å². The molecule has 1 fully saturated rings. The Balaban J connectivity index is 1.59. The van der Waals surface area contributed by atoms with Gasteiger partial charge in [0.2, 0.25) is 5.60 Å². The van der Waals surface area contributed by atoms with Gasteiger partial charge >= 0.3 is 21.5 Å². The molecule has 16 nitrogen and oxygen atoms in total. The highest BCUT2D eigenvalue weighted by atomic mass is 32.2. The molecule has 3 aliphatic rings. The summed E-state index contributed by atoms with van der Waals surface area (Å²) in [5, 5.41) is 26.4. The second-order valence-corrected chi connectivity index (χ2v) is 15.6. The van der Waals surface area contributed by atoms with Gasteiger partial charge in [0.15, 0.2) is 11.8 Å². The van der Waals surface area contributed by atoms with Gasteiger partial charge in [-0.25, -0.2) is 9.79 Å². The molecule has 0 spiro atoms. The number of aryl methyl sites for hydroxylation is 1. The molecule has 0 radical (unpaired) electrons. The molecule has 1 aromatic rings. The first kappa shape index (κ1) is 42.7. The molecule has 1 saturated heterocycles. The summed E-state index contributed by atoms with van der Waals surface area (Å²) in [6.45, 7) is 12.1. The van der Waals surface area contributed by atoms with Crippen LogP contribution in [0.3, 0.4) is 0 Å². The minimum absolute atomic E-state index is 0.0201. The summed E-state index contributed by atoms with van der Waals surface area (Å²) in [4.78, 5) is 47.0. The first-order chi connectivity index (χ1) is 25.7. The Morgan fingerprint density at radius 2 is 1.98 bits per heavy atom. The number of aliphatic imine (C=N–C) groups is 1. The van der Waals surface area contributed by atoms with Gasteiger partial charge in [0.1, 0.15) is 23.9 Å². The van der Waals surface area contributed by atoms with Gasteiger partial charge in [-0.2, -0.15) is 12.7 Å². The van der Waals surface area contributed by atoms with Crippen LogP contribution in [0.15, 0.2) is 69.6 Å². The number of ether oxygens (including phenoxy) is 2. The number of nitrogens with zero attached hydrogens (tertiary/aromatic N) is 3. The van der Waals surface area contributed by atoms with E-state index in [9.17, 15) is 37.6 Å². The maximum atomic E-state index is 13.4. The second-order valence-electron chi connectivity index (χ2n) is 14.0. The fourth-order valence-corrected chi connectivity index (χ4v) is 7.17. The average molecular weight is 802 g/mol. The van der Waals surface area contributed by atoms with Crippen molar-refractivity contribution in [2.75, 3.05) is 6.61 Å². The zero-order valence-electron chi connectivity index (χ0n) is 31.3. The molecule has 1 aliphatic carbocycles. The topological polar surface area (TPSA) is 240 Å². The molecule has 0 bridgehead atoms. The molecule has 0 saturated carbocycles. The number of phenols is 1. The van der Waals surface area contributed by atoms with E-state index in [1.807, 2.05) is 13.8 Å². The molecule has 2 amide bonds. The molecule has 2 heterocycles. The number of phenolic OH excluding ortho intramolecular Hbond substituents is 1. The summed E-state index contributed by atoms with van der Waals surface area (Å²) in [6.07, 6.45) is 10.0. The minimum Gasteiger partial charge on any atom is -0.507 e. The molecule has 1 aromatic carbocycles. The van der Waals surface area contributed by atoms with E-state index in [0.717, 1.165) is 54.9 Å². The fourth-order valence-electron chi connectivity index (χ4n) is 6.24. The summed E-state index contributed by atoms with van der Waals surface area (Å²) in [5.74, 6) is -3.53. The Labute approximate surface area is 325 Å². The molecule has 2 aliphatic heterocycles. The molecular weight excluding hydrogens is 755 g/mol. The molecule has 4 rings (SSSR count). The van der Waals surface area contributed by atoms with E-state index in [1.54, 1.807) is 12.1 Å². The Morgan fingerprint density at radius 1 is 1.27 bits per heavy atom. The van der Waals surface area contributed by atoms with Gasteiger partial charge < -0.3 is 35.6 Å². The molecule has 55 heavy (non-hydrogen) atoms. The molecular formula is C37H47N5O11S2. The lowest BCUT2D eigenvalue weighted by molar-refractivity contribution is -0.161. The lowest BCUT2D eigenvalue weighted by atomic mass is 9.73. The Hall–Kier alpha value is -5.07. The zero-order chi connectivity index (χ0) is 40.8. The highest BCUT2D eigenvalue weighted by molar-refractivity contribution is 7.84. The van der Waals surface area contributed by atoms with Crippen LogP contribution in [0, 0.1) is 5.92 Å². The smallest absolute Gasteiger partial charge is 0.366 e. The number of thiocarbonyl (C=S) groups is 1. The fraction of sp³-hybridized carbons (Fsp3) is 0.459. The molecule has 0 aromatic heterocycles. The number of amides is 2. The Morgan fingerprint density at radius 3 is 2.58 bits per heavy atom. The van der Waals surface area contributed by atoms with E-state index >= 15 is 0 Å². The third-order valence-corrected chi connectivity index (χ3v) is 10.3. The Bertz CT molecular complexity index is 2020. The number of nitrogens with two attached hydrogens (primary N) is 1. The number of allylic oxidation sites excluding steroid dienone is 3. The predicted molar refractivity (Wildman–Crippen MR) is 208 cm³/mol. The van der Waals surface area contributed by atoms with Crippen LogP contribution in [0.1, 0.15) is 90.2 Å². The number of β-lactam (4-membered cyclic amide) rings is 1. The van der Waals surface area contributed by atoms with E-state index in [0.29, 0.717) is 12.0 Å². The SMILES string of the molecule is C=C(C)[C@@H]1CCC(C)=C[C@H]1c1c(O)cc(CCCCC)cc1OC(=S)OC/C=C1\[C@H](NC(=O)/C(=N\OC(C)(C)C(=O)O)C2=CCC(N)=N2)C(=O)N1S(=O)(=O)O. The summed E-state index contributed by atoms with van der Waals surface area (Å²) in [5.41, 5.74) is 6.27. The molecule has 0 unspecified atom stereocenters. The van der Waals surface area contributed by atoms with Crippen LogP contribution >= 0.6 is 12.2 Å². The number of carboxylic acids is 1. The third kappa shape index (κ3) is 10.4. The summed E-state index contributed by atoms with van der Waals surface area (Å²) in [6, 6.07) is 1.89. The average Bonchev–Trinajstić information content (AvgIpc) is 3.51. The summed E-state index contributed by atoms with van der Waals surface area (Å²) in [7, 11) is -5.13. The van der Waals surface area contributed by atoms with E-state index < -0.39 is 63.0 Å². The van der Waals surface area contributed by atoms with Crippen molar-refractivity contribution in [3.8, 4) is 11.5 Å². The van der Waals surface area contributed by atoms with Crippen molar-refractivity contribution in [2.45, 2.75) is 97.1 Å². The number of benzene rings is 1. The van der Waals surface area contributed by atoms with E-state index in [2.05, 4.69) is 35.0 Å². The molecule has 298 valence electrons. The van der Waals surface area contributed by atoms with Gasteiger partial charge in [0.05, 0.1) is 11.4 Å². The number of carbonyl (C=O) groups is 3. The van der Waals surface area contributed by atoms with Crippen molar-refractivity contribution < 1.29 is 51.9 Å². The van der Waals surface area contributed by atoms with Crippen LogP contribution in [0.25, 0.3) is 0 Å². The number of rotatable bonds is 16. The highest BCUT2D eigenvalue weighted by Gasteiger charge is 2.50. The summed E-state index contributed by atoms with van der Waals surface area (Å²) >= 11 is 5.40. The highest BCUT2D eigenvalue weighted by Crippen LogP contribution is 2.47. The van der Waals surface area contributed by atoms with Gasteiger partial charge in [-0.15, -0.1) is 0 Å². The number of aliphatic carboxylic acids is 1. The summed E-state index contributed by atoms with van der Waals surface area (Å²) < 4.78 is 45.8. The van der Waals surface area contributed by atoms with Gasteiger partial charge in [0.25, 0.3) is 11.8 Å². The number of carboxylic acid groups (broad SMARTS) is 1. The zero-order valence-corrected chi connectivity index (χ0v) is 33.0. The van der Waals surface area contributed by atoms with E-state index in [1.165, 1.54) is 19.9 Å². The maximum Gasteiger partial charge on any atom is 0.366 e. The first-order valence-corrected chi connectivity index (χ1v) is 19.4. The van der Waals surface area contributed by atoms with Gasteiger partial charge in [-0.1, -0.05) is 48.7 Å². The largest absolute Gasteiger partial charge is 0.507 e. The molecule has 3 atom stereocenters. The molecule has 18 heteroatoms. The van der Waals surface area contributed by atoms with Crippen molar-refractivity contribution in [1.29, 1.82) is 0 Å². The number of hydrogen-bond donors (Lipinski definition) is 5. The lowest BCUT2D eigenvalue weighted by Gasteiger charge is -2.38. The number of unbranched alkanes of at least 4 members (excludes halogenated alkanes) is 2. The van der Waals surface area contributed by atoms with Crippen molar-refractivity contribution in [1.82, 2.24) is 9.62 Å². The number of nitrogens with one attached hydrogen (secondary N) is 1. The van der Waals surface area contributed by atoms with Crippen molar-refractivity contribution in [2.24, 2.45) is 21.8 Å². The second kappa shape index (κ2) is 17.6. The number of oxime groups is 1. The van der Waals surface area contributed by atoms with Crippen molar-refractivity contribution >= 4 is 57.1 Å². The van der Waals surface area contributed by atoms with Crippen LogP contribution in [-0.4, -0.2) is 80.3 Å². The van der Waals surface area contributed by atoms with Crippen LogP contribution in [0.5, 0.6) is 11.5 Å². The maximum absolute atomic E-state index is 13.4. The van der Waals surface area contributed by atoms with Crippen LogP contribution < -0.4 is 15.8 Å². The van der Waals surface area contributed by atoms with Crippen LogP contribution in [0.2, 0.25) is 0 Å². The lowest BCUT2D eigenvalue weighted by Crippen LogP contribution is -2.64. The Kier molecular flexibility index (Phi) is 13.6. The quantitative estimate of drug-likeness (QED) is 0.0290. The van der Waals surface area contributed by atoms with Crippen molar-refractivity contribution in [3.63, 3.8) is 0 Å². The monoisotopic (exact) mass is 801 g/mol. The standard InChI is InChI=1S/C37H47N5O11S2/c1-7-8-9-10-22-18-27(43)30(24-17-21(4)11-12-23(24)20(2)3)28(19-22)52-36(54)51-16-15-26-32(34(45)42(26)55(48,49)50)40-33(44)31(25-13-14-29(38)39-25)41-53-37(5,6)35(46)47/h13,15,17-19,23-24,32,43H,2,7-12,14,16H2,1,3-6H3,(H2,38,39)(H,40,44)(H,46,47)(H,48,49,50)/b26-15+,41-31-/t23-,24+,32-/m0/s1. The number of carbonyl (C=O) groups excluding carboxylic acids is 2.